The number of hydrogen-bond acceptors (Lipinski definition) is 5. The predicted molar refractivity (Wildman–Crippen MR) is 102 cm³/mol. The summed E-state index contributed by atoms with van der Waals surface area (Å²) in [5.41, 5.74) is 2.03. The van der Waals surface area contributed by atoms with E-state index in [0.717, 1.165) is 11.5 Å². The van der Waals surface area contributed by atoms with Gasteiger partial charge in [-0.05, 0) is 31.2 Å². The van der Waals surface area contributed by atoms with Crippen LogP contribution in [0.5, 0.6) is 0 Å². The number of carbonyl (C=O) groups is 1. The fourth-order valence-electron chi connectivity index (χ4n) is 2.91. The van der Waals surface area contributed by atoms with Crippen LogP contribution in [0.1, 0.15) is 16.2 Å². The van der Waals surface area contributed by atoms with Crippen molar-refractivity contribution in [2.75, 3.05) is 18.4 Å². The monoisotopic (exact) mass is 361 g/mol. The van der Waals surface area contributed by atoms with Gasteiger partial charge >= 0.3 is 0 Å². The quantitative estimate of drug-likeness (QED) is 0.513. The first-order valence-electron chi connectivity index (χ1n) is 8.63. The molecule has 136 valence electrons. The summed E-state index contributed by atoms with van der Waals surface area (Å²) in [5, 5.41) is 6.12. The topological polar surface area (TPSA) is 89.1 Å². The Morgan fingerprint density at radius 1 is 1.07 bits per heavy atom. The zero-order valence-electron chi connectivity index (χ0n) is 14.8. The Bertz CT molecular complexity index is 1070. The Kier molecular flexibility index (Phi) is 4.52. The molecule has 27 heavy (non-hydrogen) atoms. The lowest BCUT2D eigenvalue weighted by molar-refractivity contribution is 0.0948. The van der Waals surface area contributed by atoms with Crippen LogP contribution in [0.25, 0.3) is 11.5 Å². The van der Waals surface area contributed by atoms with Crippen molar-refractivity contribution in [2.45, 2.75) is 6.92 Å². The van der Waals surface area contributed by atoms with Crippen molar-refractivity contribution in [3.63, 3.8) is 0 Å². The summed E-state index contributed by atoms with van der Waals surface area (Å²) in [6.07, 6.45) is 7.19. The number of anilines is 1. The zero-order chi connectivity index (χ0) is 18.6. The number of amides is 1. The van der Waals surface area contributed by atoms with Gasteiger partial charge in [0.15, 0.2) is 0 Å². The fourth-order valence-corrected chi connectivity index (χ4v) is 2.91. The van der Waals surface area contributed by atoms with Gasteiger partial charge in [0, 0.05) is 37.7 Å². The molecule has 0 spiro atoms. The molecule has 0 aliphatic heterocycles. The average molecular weight is 361 g/mol. The standard InChI is InChI=1S/C19H19N7O/c1-14-18(26-11-3-2-6-16(26)24-14)19(27)21-8-7-20-15-12-17(23-13-22-15)25-9-4-5-10-25/h2-6,9-13H,7-8H2,1H3,(H,21,27)(H,20,22,23). The maximum absolute atomic E-state index is 12.5. The predicted octanol–water partition coefficient (Wildman–Crippen LogP) is 2.07. The Morgan fingerprint density at radius 2 is 1.89 bits per heavy atom. The molecular weight excluding hydrogens is 342 g/mol. The third-order valence-electron chi connectivity index (χ3n) is 4.16. The number of carbonyl (C=O) groups excluding carboxylic acids is 1. The van der Waals surface area contributed by atoms with E-state index < -0.39 is 0 Å². The number of rotatable bonds is 6. The van der Waals surface area contributed by atoms with Crippen LogP contribution < -0.4 is 10.6 Å². The lowest BCUT2D eigenvalue weighted by atomic mass is 10.3. The SMILES string of the molecule is Cc1nc2ccccn2c1C(=O)NCCNc1cc(-n2cccc2)ncn1. The molecule has 0 aliphatic rings. The summed E-state index contributed by atoms with van der Waals surface area (Å²) in [6, 6.07) is 11.4. The normalized spacial score (nSPS) is 10.9. The van der Waals surface area contributed by atoms with E-state index in [1.807, 2.05) is 66.5 Å². The van der Waals surface area contributed by atoms with E-state index in [0.29, 0.717) is 30.3 Å². The van der Waals surface area contributed by atoms with Gasteiger partial charge in [-0.25, -0.2) is 15.0 Å². The van der Waals surface area contributed by atoms with Crippen molar-refractivity contribution in [3.8, 4) is 5.82 Å². The van der Waals surface area contributed by atoms with Gasteiger partial charge in [-0.2, -0.15) is 0 Å². The number of hydrogen-bond donors (Lipinski definition) is 2. The number of pyridine rings is 1. The molecule has 0 fully saturated rings. The lowest BCUT2D eigenvalue weighted by Gasteiger charge is -2.09. The molecule has 8 nitrogen and oxygen atoms in total. The van der Waals surface area contributed by atoms with Crippen LogP contribution in [0.3, 0.4) is 0 Å². The van der Waals surface area contributed by atoms with Crippen molar-refractivity contribution in [2.24, 2.45) is 0 Å². The third-order valence-corrected chi connectivity index (χ3v) is 4.16. The second kappa shape index (κ2) is 7.28. The second-order valence-electron chi connectivity index (χ2n) is 6.01. The van der Waals surface area contributed by atoms with E-state index >= 15 is 0 Å². The molecular formula is C19H19N7O. The minimum Gasteiger partial charge on any atom is -0.368 e. The zero-order valence-corrected chi connectivity index (χ0v) is 14.8. The van der Waals surface area contributed by atoms with Crippen LogP contribution in [-0.2, 0) is 0 Å². The number of aryl methyl sites for hydroxylation is 1. The van der Waals surface area contributed by atoms with Crippen LogP contribution in [0, 0.1) is 6.92 Å². The molecule has 0 saturated carbocycles. The highest BCUT2D eigenvalue weighted by Gasteiger charge is 2.15. The summed E-state index contributed by atoms with van der Waals surface area (Å²) in [6.45, 7) is 2.84. The van der Waals surface area contributed by atoms with Crippen molar-refractivity contribution < 1.29 is 4.79 Å². The molecule has 8 heteroatoms. The summed E-state index contributed by atoms with van der Waals surface area (Å²) in [4.78, 5) is 25.4. The molecule has 0 atom stereocenters. The van der Waals surface area contributed by atoms with Gasteiger partial charge in [0.25, 0.3) is 5.91 Å². The van der Waals surface area contributed by atoms with Crippen LogP contribution >= 0.6 is 0 Å². The highest BCUT2D eigenvalue weighted by Crippen LogP contribution is 2.11. The number of imidazole rings is 1. The highest BCUT2D eigenvalue weighted by atomic mass is 16.1. The molecule has 0 aliphatic carbocycles. The molecule has 0 radical (unpaired) electrons. The smallest absolute Gasteiger partial charge is 0.270 e. The van der Waals surface area contributed by atoms with Gasteiger partial charge < -0.3 is 15.2 Å². The van der Waals surface area contributed by atoms with E-state index in [4.69, 9.17) is 0 Å². The van der Waals surface area contributed by atoms with E-state index in [9.17, 15) is 4.79 Å². The van der Waals surface area contributed by atoms with Crippen molar-refractivity contribution in [1.82, 2.24) is 29.2 Å². The fraction of sp³-hybridized carbons (Fsp3) is 0.158. The van der Waals surface area contributed by atoms with Crippen molar-refractivity contribution in [1.29, 1.82) is 0 Å². The average Bonchev–Trinajstić information content (AvgIpc) is 3.32. The van der Waals surface area contributed by atoms with E-state index in [2.05, 4.69) is 25.6 Å². The minimum atomic E-state index is -0.149. The van der Waals surface area contributed by atoms with Gasteiger partial charge in [-0.15, -0.1) is 0 Å². The molecule has 1 amide bonds. The highest BCUT2D eigenvalue weighted by molar-refractivity contribution is 5.94. The maximum atomic E-state index is 12.5. The van der Waals surface area contributed by atoms with Crippen LogP contribution in [-0.4, -0.2) is 42.9 Å². The van der Waals surface area contributed by atoms with Crippen LogP contribution in [0.4, 0.5) is 5.82 Å². The van der Waals surface area contributed by atoms with E-state index in [1.54, 1.807) is 4.40 Å². The van der Waals surface area contributed by atoms with Gasteiger partial charge in [0.1, 0.15) is 29.3 Å². The number of nitrogens with one attached hydrogen (secondary N) is 2. The Balaban J connectivity index is 1.36. The maximum Gasteiger partial charge on any atom is 0.270 e. The van der Waals surface area contributed by atoms with E-state index in [-0.39, 0.29) is 5.91 Å². The Labute approximate surface area is 155 Å². The first kappa shape index (κ1) is 16.8. The molecule has 0 aromatic carbocycles. The van der Waals surface area contributed by atoms with E-state index in [1.165, 1.54) is 6.33 Å². The first-order chi connectivity index (χ1) is 13.2. The Morgan fingerprint density at radius 3 is 2.74 bits per heavy atom. The summed E-state index contributed by atoms with van der Waals surface area (Å²) in [7, 11) is 0. The summed E-state index contributed by atoms with van der Waals surface area (Å²) >= 11 is 0. The van der Waals surface area contributed by atoms with Crippen LogP contribution in [0.15, 0.2) is 61.3 Å². The summed E-state index contributed by atoms with van der Waals surface area (Å²) < 4.78 is 3.70. The molecule has 4 rings (SSSR count). The second-order valence-corrected chi connectivity index (χ2v) is 6.01. The first-order valence-corrected chi connectivity index (χ1v) is 8.63. The van der Waals surface area contributed by atoms with Crippen molar-refractivity contribution >= 4 is 17.4 Å². The van der Waals surface area contributed by atoms with Gasteiger partial charge in [0.2, 0.25) is 0 Å². The third kappa shape index (κ3) is 3.50. The molecule has 4 aromatic heterocycles. The number of aromatic nitrogens is 5. The molecule has 0 bridgehead atoms. The molecule has 0 unspecified atom stereocenters. The molecule has 4 heterocycles. The summed E-state index contributed by atoms with van der Waals surface area (Å²) in [5.74, 6) is 1.33. The van der Waals surface area contributed by atoms with Gasteiger partial charge in [0.05, 0.1) is 5.69 Å². The number of fused-ring (bicyclic) bond motifs is 1. The molecule has 4 aromatic rings. The largest absolute Gasteiger partial charge is 0.368 e. The van der Waals surface area contributed by atoms with Gasteiger partial charge in [-0.3, -0.25) is 9.20 Å². The lowest BCUT2D eigenvalue weighted by Crippen LogP contribution is -2.30. The number of nitrogens with zero attached hydrogens (tertiary/aromatic N) is 5. The van der Waals surface area contributed by atoms with Crippen LogP contribution in [0.2, 0.25) is 0 Å². The van der Waals surface area contributed by atoms with Crippen molar-refractivity contribution in [3.05, 3.63) is 72.7 Å². The van der Waals surface area contributed by atoms with Gasteiger partial charge in [-0.1, -0.05) is 6.07 Å². The molecule has 2 N–H and O–H groups in total. The Hall–Kier alpha value is -3.68. The molecule has 0 saturated heterocycles. The minimum absolute atomic E-state index is 0.149.